The number of benzene rings is 3. The third-order valence-electron chi connectivity index (χ3n) is 8.67. The van der Waals surface area contributed by atoms with Gasteiger partial charge in [0, 0.05) is 31.0 Å². The Morgan fingerprint density at radius 2 is 1.80 bits per heavy atom. The maximum absolute atomic E-state index is 4.69. The topological polar surface area (TPSA) is 27.3 Å². The van der Waals surface area contributed by atoms with E-state index < -0.39 is 0 Å². The highest BCUT2D eigenvalue weighted by molar-refractivity contribution is 5.83. The smallest absolute Gasteiger partial charge is 0.0720 e. The molecule has 3 heteroatoms. The highest BCUT2D eigenvalue weighted by Crippen LogP contribution is 2.33. The fourth-order valence-electron chi connectivity index (χ4n) is 6.34. The first-order chi connectivity index (χ1) is 19.9. The molecule has 2 aliphatic rings. The van der Waals surface area contributed by atoms with Crippen molar-refractivity contribution in [3.8, 4) is 0 Å². The molecule has 3 nitrogen and oxygen atoms in total. The van der Waals surface area contributed by atoms with Gasteiger partial charge in [-0.3, -0.25) is 0 Å². The number of piperazine rings is 1. The molecule has 1 aliphatic carbocycles. The third-order valence-corrected chi connectivity index (χ3v) is 8.67. The lowest BCUT2D eigenvalue weighted by Crippen LogP contribution is -2.54. The molecule has 3 aromatic rings. The molecule has 0 aromatic heterocycles. The van der Waals surface area contributed by atoms with E-state index in [4.69, 9.17) is 0 Å². The first-order valence-electron chi connectivity index (χ1n) is 15.1. The van der Waals surface area contributed by atoms with Crippen molar-refractivity contribution in [2.45, 2.75) is 58.7 Å². The maximum atomic E-state index is 4.69. The summed E-state index contributed by atoms with van der Waals surface area (Å²) in [6, 6.07) is 26.3. The first kappa shape index (κ1) is 28.7. The second-order valence-corrected chi connectivity index (χ2v) is 11.7. The number of allylic oxidation sites excluding steroid dienone is 5. The lowest BCUT2D eigenvalue weighted by atomic mass is 9.85. The molecule has 0 bridgehead atoms. The van der Waals surface area contributed by atoms with Gasteiger partial charge in [0.1, 0.15) is 0 Å². The Labute approximate surface area is 247 Å². The molecule has 1 fully saturated rings. The lowest BCUT2D eigenvalue weighted by molar-refractivity contribution is 0.214. The van der Waals surface area contributed by atoms with Crippen molar-refractivity contribution in [3.05, 3.63) is 143 Å². The summed E-state index contributed by atoms with van der Waals surface area (Å²) < 4.78 is 0. The zero-order valence-corrected chi connectivity index (χ0v) is 25.0. The van der Waals surface area contributed by atoms with E-state index in [2.05, 4.69) is 140 Å². The molecule has 5 rings (SSSR count). The van der Waals surface area contributed by atoms with Gasteiger partial charge < -0.3 is 15.5 Å². The average Bonchev–Trinajstić information content (AvgIpc) is 2.99. The monoisotopic (exact) mass is 543 g/mol. The quantitative estimate of drug-likeness (QED) is 0.271. The number of hydrogen-bond acceptors (Lipinski definition) is 3. The molecule has 3 aromatic carbocycles. The van der Waals surface area contributed by atoms with Crippen LogP contribution < -0.4 is 10.6 Å². The van der Waals surface area contributed by atoms with Crippen LogP contribution >= 0.6 is 0 Å². The van der Waals surface area contributed by atoms with Crippen molar-refractivity contribution < 1.29 is 0 Å². The second-order valence-electron chi connectivity index (χ2n) is 11.7. The van der Waals surface area contributed by atoms with Crippen molar-refractivity contribution in [1.82, 2.24) is 15.5 Å². The molecule has 3 unspecified atom stereocenters. The largest absolute Gasteiger partial charge is 0.383 e. The molecule has 3 atom stereocenters. The van der Waals surface area contributed by atoms with Gasteiger partial charge in [-0.2, -0.15) is 0 Å². The van der Waals surface area contributed by atoms with Crippen LogP contribution in [0, 0.1) is 5.92 Å². The summed E-state index contributed by atoms with van der Waals surface area (Å²) in [5.41, 5.74) is 8.95. The number of nitrogens with zero attached hydrogens (tertiary/aromatic N) is 1. The summed E-state index contributed by atoms with van der Waals surface area (Å²) in [7, 11) is 0. The van der Waals surface area contributed by atoms with Crippen LogP contribution in [0.4, 0.5) is 0 Å². The Hall–Kier alpha value is -3.82. The molecule has 1 heterocycles. The van der Waals surface area contributed by atoms with E-state index in [0.29, 0.717) is 5.92 Å². The van der Waals surface area contributed by atoms with Crippen LogP contribution in [0.2, 0.25) is 0 Å². The molecule has 0 spiro atoms. The zero-order valence-electron chi connectivity index (χ0n) is 25.0. The third kappa shape index (κ3) is 6.92. The fourth-order valence-corrected chi connectivity index (χ4v) is 6.34. The molecule has 1 saturated heterocycles. The van der Waals surface area contributed by atoms with E-state index >= 15 is 0 Å². The van der Waals surface area contributed by atoms with Gasteiger partial charge in [0.25, 0.3) is 0 Å². The summed E-state index contributed by atoms with van der Waals surface area (Å²) in [4.78, 5) is 2.50. The minimum Gasteiger partial charge on any atom is -0.383 e. The highest BCUT2D eigenvalue weighted by Gasteiger charge is 2.31. The first-order valence-corrected chi connectivity index (χ1v) is 15.1. The second kappa shape index (κ2) is 13.2. The van der Waals surface area contributed by atoms with Crippen LogP contribution in [0.5, 0.6) is 0 Å². The van der Waals surface area contributed by atoms with Crippen LogP contribution in [-0.4, -0.2) is 30.1 Å². The molecule has 0 radical (unpaired) electrons. The molecule has 0 saturated carbocycles. The maximum Gasteiger partial charge on any atom is 0.0720 e. The Morgan fingerprint density at radius 3 is 2.56 bits per heavy atom. The lowest BCUT2D eigenvalue weighted by Gasteiger charge is -2.43. The highest BCUT2D eigenvalue weighted by atomic mass is 15.3. The van der Waals surface area contributed by atoms with Crippen molar-refractivity contribution in [3.63, 3.8) is 0 Å². The summed E-state index contributed by atoms with van der Waals surface area (Å²) >= 11 is 0. The van der Waals surface area contributed by atoms with E-state index in [9.17, 15) is 0 Å². The van der Waals surface area contributed by atoms with Crippen LogP contribution in [-0.2, 0) is 13.0 Å². The molecule has 2 N–H and O–H groups in total. The molecule has 0 amide bonds. The average molecular weight is 544 g/mol. The molecule has 41 heavy (non-hydrogen) atoms. The summed E-state index contributed by atoms with van der Waals surface area (Å²) in [5, 5.41) is 10.0. The molecule has 1 aliphatic heterocycles. The Bertz CT molecular complexity index is 1480. The number of fused-ring (bicyclic) bond motifs is 1. The van der Waals surface area contributed by atoms with Crippen LogP contribution in [0.1, 0.15) is 44.7 Å². The Balaban J connectivity index is 1.37. The normalized spacial score (nSPS) is 20.4. The zero-order chi connectivity index (χ0) is 28.8. The van der Waals surface area contributed by atoms with Gasteiger partial charge in [-0.05, 0) is 77.6 Å². The standard InChI is InChI=1S/C38H45N3/c1-6-33(36-19-16-27(2)22-28(36)3)25-37-30(5)41(21-20-39-37)38(29(4)40-26-31-12-8-7-9-13-31)24-32-17-18-34-14-10-11-15-35(34)23-32/h6-15,17-19,22-23,27,37-40H,4-5,16,20-21,24-26H2,1-3H3/b33-6-. The van der Waals surface area contributed by atoms with E-state index in [-0.39, 0.29) is 12.1 Å². The Morgan fingerprint density at radius 1 is 1.05 bits per heavy atom. The number of hydrogen-bond donors (Lipinski definition) is 2. The van der Waals surface area contributed by atoms with Gasteiger partial charge in [0.15, 0.2) is 0 Å². The van der Waals surface area contributed by atoms with Crippen LogP contribution in [0.3, 0.4) is 0 Å². The number of nitrogens with one attached hydrogen (secondary N) is 2. The van der Waals surface area contributed by atoms with Crippen molar-refractivity contribution >= 4 is 10.8 Å². The summed E-state index contributed by atoms with van der Waals surface area (Å²) in [6.45, 7) is 18.6. The fraction of sp³-hybridized carbons (Fsp3) is 0.316. The predicted octanol–water partition coefficient (Wildman–Crippen LogP) is 8.09. The minimum absolute atomic E-state index is 0.0995. The van der Waals surface area contributed by atoms with Crippen LogP contribution in [0.15, 0.2) is 132 Å². The van der Waals surface area contributed by atoms with Gasteiger partial charge in [-0.15, -0.1) is 0 Å². The summed E-state index contributed by atoms with van der Waals surface area (Å²) in [5.74, 6) is 0.611. The van der Waals surface area contributed by atoms with E-state index in [1.54, 1.807) is 0 Å². The minimum atomic E-state index is 0.0995. The van der Waals surface area contributed by atoms with Crippen molar-refractivity contribution in [2.24, 2.45) is 5.92 Å². The van der Waals surface area contributed by atoms with Crippen molar-refractivity contribution in [1.29, 1.82) is 0 Å². The summed E-state index contributed by atoms with van der Waals surface area (Å²) in [6.07, 6.45) is 10.0. The van der Waals surface area contributed by atoms with Crippen LogP contribution in [0.25, 0.3) is 10.8 Å². The van der Waals surface area contributed by atoms with Crippen molar-refractivity contribution in [2.75, 3.05) is 13.1 Å². The van der Waals surface area contributed by atoms with Gasteiger partial charge in [0.2, 0.25) is 0 Å². The van der Waals surface area contributed by atoms with Gasteiger partial charge in [-0.1, -0.05) is 111 Å². The molecular weight excluding hydrogens is 498 g/mol. The van der Waals surface area contributed by atoms with Gasteiger partial charge in [-0.25, -0.2) is 0 Å². The number of rotatable bonds is 10. The molecular formula is C38H45N3. The van der Waals surface area contributed by atoms with E-state index in [1.165, 1.54) is 38.6 Å². The van der Waals surface area contributed by atoms with E-state index in [1.807, 2.05) is 0 Å². The SMILES string of the molecule is C=C(NCc1ccccc1)C(Cc1ccc2ccccc2c1)N1CCNC(C/C(=C/C)C2=CCC(C)C=C2C)C1=C. The molecule has 212 valence electrons. The Kier molecular flexibility index (Phi) is 9.26. The van der Waals surface area contributed by atoms with Gasteiger partial charge in [0.05, 0.1) is 12.1 Å². The van der Waals surface area contributed by atoms with E-state index in [0.717, 1.165) is 50.3 Å². The van der Waals surface area contributed by atoms with Gasteiger partial charge >= 0.3 is 0 Å². The predicted molar refractivity (Wildman–Crippen MR) is 175 cm³/mol.